The van der Waals surface area contributed by atoms with E-state index in [-0.39, 0.29) is 18.4 Å². The van der Waals surface area contributed by atoms with Crippen molar-refractivity contribution in [3.8, 4) is 0 Å². The first-order valence-electron chi connectivity index (χ1n) is 12.3. The minimum absolute atomic E-state index is 0.0234. The van der Waals surface area contributed by atoms with Crippen molar-refractivity contribution < 1.29 is 14.4 Å². The molecule has 1 aromatic heterocycles. The lowest BCUT2D eigenvalue weighted by Crippen LogP contribution is -2.33. The highest BCUT2D eigenvalue weighted by molar-refractivity contribution is 6.35. The molecule has 0 saturated carbocycles. The summed E-state index contributed by atoms with van der Waals surface area (Å²) in [5.74, 6) is 0.493. The van der Waals surface area contributed by atoms with Gasteiger partial charge in [0, 0.05) is 59.1 Å². The number of fused-ring (bicyclic) bond motifs is 2. The number of benzene rings is 2. The Labute approximate surface area is 204 Å². The van der Waals surface area contributed by atoms with Crippen molar-refractivity contribution in [2.75, 3.05) is 25.0 Å². The van der Waals surface area contributed by atoms with Crippen molar-refractivity contribution in [3.05, 3.63) is 65.9 Å². The summed E-state index contributed by atoms with van der Waals surface area (Å²) in [7, 11) is 0. The van der Waals surface area contributed by atoms with Crippen LogP contribution in [0.15, 0.2) is 54.7 Å². The molecule has 180 valence electrons. The fraction of sp³-hybridized carbons (Fsp3) is 0.321. The predicted octanol–water partition coefficient (Wildman–Crippen LogP) is 3.90. The van der Waals surface area contributed by atoms with E-state index in [0.29, 0.717) is 18.0 Å². The van der Waals surface area contributed by atoms with Gasteiger partial charge < -0.3 is 20.1 Å². The third-order valence-corrected chi connectivity index (χ3v) is 7.05. The molecule has 0 unspecified atom stereocenters. The van der Waals surface area contributed by atoms with Crippen molar-refractivity contribution in [3.63, 3.8) is 0 Å². The van der Waals surface area contributed by atoms with Gasteiger partial charge in [0.1, 0.15) is 6.54 Å². The van der Waals surface area contributed by atoms with E-state index >= 15 is 0 Å². The second kappa shape index (κ2) is 10.2. The van der Waals surface area contributed by atoms with Gasteiger partial charge in [-0.05, 0) is 49.8 Å². The van der Waals surface area contributed by atoms with E-state index in [1.54, 1.807) is 0 Å². The summed E-state index contributed by atoms with van der Waals surface area (Å²) in [4.78, 5) is 38.0. The first kappa shape index (κ1) is 22.9. The summed E-state index contributed by atoms with van der Waals surface area (Å²) >= 11 is 0. The Hall–Kier alpha value is -3.87. The first-order valence-corrected chi connectivity index (χ1v) is 12.3. The summed E-state index contributed by atoms with van der Waals surface area (Å²) in [6.07, 6.45) is 8.90. The van der Waals surface area contributed by atoms with Gasteiger partial charge in [-0.2, -0.15) is 0 Å². The lowest BCUT2D eigenvalue weighted by atomic mass is 9.92. The Morgan fingerprint density at radius 3 is 2.69 bits per heavy atom. The molecular weight excluding hydrogens is 440 g/mol. The van der Waals surface area contributed by atoms with E-state index in [1.807, 2.05) is 70.3 Å². The molecule has 1 saturated heterocycles. The number of hydrogen-bond acceptors (Lipinski definition) is 3. The molecule has 3 heterocycles. The van der Waals surface area contributed by atoms with E-state index in [0.717, 1.165) is 72.9 Å². The fourth-order valence-electron chi connectivity index (χ4n) is 5.13. The Kier molecular flexibility index (Phi) is 6.66. The number of rotatable bonds is 8. The molecule has 7 heteroatoms. The number of nitrogens with zero attached hydrogens (tertiary/aromatic N) is 2. The van der Waals surface area contributed by atoms with Crippen LogP contribution in [0.5, 0.6) is 0 Å². The quantitative estimate of drug-likeness (QED) is 0.298. The molecule has 35 heavy (non-hydrogen) atoms. The zero-order valence-corrected chi connectivity index (χ0v) is 19.7. The third kappa shape index (κ3) is 4.99. The second-order valence-corrected chi connectivity index (χ2v) is 9.36. The summed E-state index contributed by atoms with van der Waals surface area (Å²) < 4.78 is 1.95. The maximum atomic E-state index is 12.7. The highest BCUT2D eigenvalue weighted by Gasteiger charge is 2.24. The largest absolute Gasteiger partial charge is 0.355 e. The molecule has 2 N–H and O–H groups in total. The average molecular weight is 471 g/mol. The zero-order valence-electron chi connectivity index (χ0n) is 19.7. The molecule has 0 bridgehead atoms. The van der Waals surface area contributed by atoms with Crippen LogP contribution in [0.1, 0.15) is 36.8 Å². The van der Waals surface area contributed by atoms with Gasteiger partial charge in [0.25, 0.3) is 5.91 Å². The Bertz CT molecular complexity index is 1280. The molecule has 0 aliphatic carbocycles. The van der Waals surface area contributed by atoms with E-state index in [9.17, 15) is 14.4 Å². The Balaban J connectivity index is 1.23. The lowest BCUT2D eigenvalue weighted by molar-refractivity contribution is -0.122. The first-order chi connectivity index (χ1) is 17.1. The molecule has 7 nitrogen and oxygen atoms in total. The van der Waals surface area contributed by atoms with Crippen LogP contribution < -0.4 is 10.6 Å². The molecule has 2 aliphatic heterocycles. The highest BCUT2D eigenvalue weighted by atomic mass is 16.2. The number of carbonyl (C=O) groups is 3. The van der Waals surface area contributed by atoms with Gasteiger partial charge in [0.05, 0.1) is 0 Å². The maximum Gasteiger partial charge on any atom is 0.256 e. The summed E-state index contributed by atoms with van der Waals surface area (Å²) in [6, 6.07) is 15.6. The topological polar surface area (TPSA) is 83.4 Å². The number of amides is 3. The third-order valence-electron chi connectivity index (χ3n) is 7.05. The molecule has 5 rings (SSSR count). The molecule has 0 spiro atoms. The number of likely N-dealkylation sites (tertiary alicyclic amines) is 1. The number of aromatic nitrogens is 1. The standard InChI is InChI=1S/C28H30N4O3/c33-19-31-14-11-20(12-15-31)6-5-13-29-27(34)18-32-17-21(22-7-2-4-10-26(22)32)16-24-23-8-1-3-9-25(23)30-28(24)35/h1-4,7-10,16-17,19-20H,5-6,11-15,18H2,(H,29,34)(H,30,35)/b24-16+. The SMILES string of the molecule is O=CN1CCC(CCCNC(=O)Cn2cc(/C=C3/C(=O)Nc4ccccc43)c3ccccc32)CC1. The molecular formula is C28H30N4O3. The minimum Gasteiger partial charge on any atom is -0.355 e. The minimum atomic E-state index is -0.113. The Morgan fingerprint density at radius 1 is 1.09 bits per heavy atom. The van der Waals surface area contributed by atoms with Gasteiger partial charge >= 0.3 is 0 Å². The summed E-state index contributed by atoms with van der Waals surface area (Å²) in [6.45, 7) is 2.56. The van der Waals surface area contributed by atoms with E-state index in [4.69, 9.17) is 0 Å². The second-order valence-electron chi connectivity index (χ2n) is 9.36. The van der Waals surface area contributed by atoms with Crippen molar-refractivity contribution >= 4 is 46.5 Å². The van der Waals surface area contributed by atoms with Crippen LogP contribution in [0.2, 0.25) is 0 Å². The number of hydrogen-bond donors (Lipinski definition) is 2. The fourth-order valence-corrected chi connectivity index (χ4v) is 5.13. The van der Waals surface area contributed by atoms with Crippen molar-refractivity contribution in [2.24, 2.45) is 5.92 Å². The molecule has 2 aromatic carbocycles. The van der Waals surface area contributed by atoms with E-state index in [2.05, 4.69) is 10.6 Å². The summed E-state index contributed by atoms with van der Waals surface area (Å²) in [5, 5.41) is 6.97. The van der Waals surface area contributed by atoms with Gasteiger partial charge in [-0.15, -0.1) is 0 Å². The van der Waals surface area contributed by atoms with Gasteiger partial charge in [0.15, 0.2) is 0 Å². The lowest BCUT2D eigenvalue weighted by Gasteiger charge is -2.29. The normalized spacial score (nSPS) is 17.0. The van der Waals surface area contributed by atoms with Crippen LogP contribution >= 0.6 is 0 Å². The van der Waals surface area contributed by atoms with Gasteiger partial charge in [0.2, 0.25) is 12.3 Å². The molecule has 0 radical (unpaired) electrons. The Morgan fingerprint density at radius 2 is 1.86 bits per heavy atom. The predicted molar refractivity (Wildman–Crippen MR) is 137 cm³/mol. The monoisotopic (exact) mass is 470 g/mol. The van der Waals surface area contributed by atoms with Crippen LogP contribution in [0.25, 0.3) is 22.6 Å². The van der Waals surface area contributed by atoms with Crippen LogP contribution in [-0.4, -0.2) is 47.3 Å². The van der Waals surface area contributed by atoms with Crippen LogP contribution in [0, 0.1) is 5.92 Å². The molecule has 2 aliphatic rings. The summed E-state index contributed by atoms with van der Waals surface area (Å²) in [5.41, 5.74) is 4.22. The molecule has 1 fully saturated rings. The zero-order chi connectivity index (χ0) is 24.2. The van der Waals surface area contributed by atoms with Crippen LogP contribution in [-0.2, 0) is 20.9 Å². The number of anilines is 1. The molecule has 3 aromatic rings. The van der Waals surface area contributed by atoms with Crippen LogP contribution in [0.3, 0.4) is 0 Å². The van der Waals surface area contributed by atoms with Crippen molar-refractivity contribution in [2.45, 2.75) is 32.2 Å². The number of piperidine rings is 1. The van der Waals surface area contributed by atoms with Gasteiger partial charge in [-0.1, -0.05) is 36.4 Å². The maximum absolute atomic E-state index is 12.7. The van der Waals surface area contributed by atoms with E-state index < -0.39 is 0 Å². The molecule has 3 amide bonds. The van der Waals surface area contributed by atoms with Crippen molar-refractivity contribution in [1.29, 1.82) is 0 Å². The van der Waals surface area contributed by atoms with Crippen molar-refractivity contribution in [1.82, 2.24) is 14.8 Å². The molecule has 0 atom stereocenters. The number of nitrogens with one attached hydrogen (secondary N) is 2. The average Bonchev–Trinajstić information content (AvgIpc) is 3.39. The van der Waals surface area contributed by atoms with Gasteiger partial charge in [-0.3, -0.25) is 14.4 Å². The van der Waals surface area contributed by atoms with Gasteiger partial charge in [-0.25, -0.2) is 0 Å². The number of para-hydroxylation sites is 2. The van der Waals surface area contributed by atoms with Crippen LogP contribution in [0.4, 0.5) is 5.69 Å². The highest BCUT2D eigenvalue weighted by Crippen LogP contribution is 2.34. The van der Waals surface area contributed by atoms with E-state index in [1.165, 1.54) is 0 Å². The number of carbonyl (C=O) groups excluding carboxylic acids is 3. The smallest absolute Gasteiger partial charge is 0.256 e.